The van der Waals surface area contributed by atoms with Crippen molar-refractivity contribution in [3.63, 3.8) is 0 Å². The van der Waals surface area contributed by atoms with Crippen molar-refractivity contribution in [3.05, 3.63) is 65.5 Å². The molecule has 1 aromatic carbocycles. The van der Waals surface area contributed by atoms with Gasteiger partial charge in [0, 0.05) is 31.5 Å². The van der Waals surface area contributed by atoms with Crippen LogP contribution >= 0.6 is 0 Å². The fourth-order valence-electron chi connectivity index (χ4n) is 3.09. The van der Waals surface area contributed by atoms with Gasteiger partial charge in [-0.05, 0) is 37.1 Å². The number of hydrogen-bond donors (Lipinski definition) is 1. The van der Waals surface area contributed by atoms with E-state index in [1.165, 1.54) is 24.4 Å². The topological polar surface area (TPSA) is 62.3 Å². The molecule has 1 aliphatic rings. The molecular weight excluding hydrogens is 359 g/mol. The number of nitrogens with one attached hydrogen (secondary N) is 1. The second kappa shape index (κ2) is 7.77. The Bertz CT molecular complexity index is 816. The van der Waals surface area contributed by atoms with Crippen LogP contribution in [0.15, 0.2) is 48.8 Å². The van der Waals surface area contributed by atoms with Crippen LogP contribution in [0.25, 0.3) is 0 Å². The first-order valence-corrected chi connectivity index (χ1v) is 8.52. The summed E-state index contributed by atoms with van der Waals surface area (Å²) in [6, 6.07) is 7.79. The van der Waals surface area contributed by atoms with Crippen LogP contribution in [0.2, 0.25) is 0 Å². The summed E-state index contributed by atoms with van der Waals surface area (Å²) in [5.41, 5.74) is -0.857. The van der Waals surface area contributed by atoms with Gasteiger partial charge in [-0.1, -0.05) is 12.1 Å². The van der Waals surface area contributed by atoms with E-state index >= 15 is 0 Å². The van der Waals surface area contributed by atoms with Crippen molar-refractivity contribution in [2.24, 2.45) is 0 Å². The first kappa shape index (κ1) is 18.9. The molecule has 1 aromatic heterocycles. The number of hydrogen-bond acceptors (Lipinski definition) is 3. The molecule has 1 aliphatic heterocycles. The Morgan fingerprint density at radius 3 is 2.41 bits per heavy atom. The highest BCUT2D eigenvalue weighted by molar-refractivity contribution is 5.96. The van der Waals surface area contributed by atoms with Crippen molar-refractivity contribution in [2.45, 2.75) is 25.1 Å². The molecule has 0 unspecified atom stereocenters. The maximum absolute atomic E-state index is 13.1. The van der Waals surface area contributed by atoms with E-state index in [-0.39, 0.29) is 17.5 Å². The molecule has 0 atom stereocenters. The third-order valence-electron chi connectivity index (χ3n) is 4.50. The lowest BCUT2D eigenvalue weighted by molar-refractivity contribution is -0.137. The summed E-state index contributed by atoms with van der Waals surface area (Å²) >= 11 is 0. The maximum Gasteiger partial charge on any atom is 0.417 e. The number of amides is 2. The molecule has 0 saturated carbocycles. The zero-order chi connectivity index (χ0) is 19.4. The predicted octanol–water partition coefficient (Wildman–Crippen LogP) is 3.14. The number of alkyl halides is 3. The van der Waals surface area contributed by atoms with Crippen LogP contribution in [-0.2, 0) is 6.18 Å². The number of halogens is 3. The second-order valence-corrected chi connectivity index (χ2v) is 6.32. The molecule has 27 heavy (non-hydrogen) atoms. The molecule has 2 aromatic rings. The Morgan fingerprint density at radius 1 is 1.07 bits per heavy atom. The number of likely N-dealkylation sites (tertiary alicyclic amines) is 1. The summed E-state index contributed by atoms with van der Waals surface area (Å²) in [4.78, 5) is 30.3. The molecule has 142 valence electrons. The third kappa shape index (κ3) is 4.45. The van der Waals surface area contributed by atoms with Crippen molar-refractivity contribution in [1.82, 2.24) is 15.2 Å². The Balaban J connectivity index is 1.60. The van der Waals surface area contributed by atoms with E-state index in [9.17, 15) is 22.8 Å². The first-order valence-electron chi connectivity index (χ1n) is 8.52. The number of pyridine rings is 1. The minimum Gasteiger partial charge on any atom is -0.349 e. The highest BCUT2D eigenvalue weighted by Gasteiger charge is 2.35. The van der Waals surface area contributed by atoms with Crippen LogP contribution in [0, 0.1) is 0 Å². The van der Waals surface area contributed by atoms with Crippen molar-refractivity contribution in [3.8, 4) is 0 Å². The lowest BCUT2D eigenvalue weighted by Crippen LogP contribution is -2.46. The van der Waals surface area contributed by atoms with Gasteiger partial charge in [-0.25, -0.2) is 0 Å². The Labute approximate surface area is 154 Å². The normalized spacial score (nSPS) is 15.4. The van der Waals surface area contributed by atoms with Gasteiger partial charge in [0.2, 0.25) is 0 Å². The van der Waals surface area contributed by atoms with E-state index in [0.717, 1.165) is 6.07 Å². The van der Waals surface area contributed by atoms with Gasteiger partial charge in [-0.3, -0.25) is 14.6 Å². The molecule has 8 heteroatoms. The average Bonchev–Trinajstić information content (AvgIpc) is 2.68. The van der Waals surface area contributed by atoms with E-state index in [2.05, 4.69) is 10.3 Å². The lowest BCUT2D eigenvalue weighted by Gasteiger charge is -2.32. The summed E-state index contributed by atoms with van der Waals surface area (Å²) in [5, 5.41) is 2.66. The highest BCUT2D eigenvalue weighted by Crippen LogP contribution is 2.31. The van der Waals surface area contributed by atoms with E-state index in [1.54, 1.807) is 23.2 Å². The Morgan fingerprint density at radius 2 is 1.78 bits per heavy atom. The standard InChI is InChI=1S/C19H18F3N3O2/c20-19(21,22)16-6-2-1-5-15(16)17(26)24-14-7-10-25(11-8-14)18(27)13-4-3-9-23-12-13/h1-6,9,12,14H,7-8,10-11H2,(H,24,26). The van der Waals surface area contributed by atoms with Crippen molar-refractivity contribution < 1.29 is 22.8 Å². The van der Waals surface area contributed by atoms with Gasteiger partial charge >= 0.3 is 6.18 Å². The summed E-state index contributed by atoms with van der Waals surface area (Å²) < 4.78 is 39.2. The monoisotopic (exact) mass is 377 g/mol. The Hall–Kier alpha value is -2.90. The zero-order valence-corrected chi connectivity index (χ0v) is 14.4. The largest absolute Gasteiger partial charge is 0.417 e. The summed E-state index contributed by atoms with van der Waals surface area (Å²) in [6.45, 7) is 0.833. The van der Waals surface area contributed by atoms with E-state index in [1.807, 2.05) is 0 Å². The fraction of sp³-hybridized carbons (Fsp3) is 0.316. The summed E-state index contributed by atoms with van der Waals surface area (Å²) in [5.74, 6) is -0.893. The van der Waals surface area contributed by atoms with Crippen molar-refractivity contribution in [1.29, 1.82) is 0 Å². The molecule has 1 saturated heterocycles. The van der Waals surface area contributed by atoms with Gasteiger partial charge in [0.05, 0.1) is 16.7 Å². The number of piperidine rings is 1. The number of nitrogens with zero attached hydrogens (tertiary/aromatic N) is 2. The molecule has 2 amide bonds. The molecule has 5 nitrogen and oxygen atoms in total. The predicted molar refractivity (Wildman–Crippen MR) is 92.1 cm³/mol. The molecule has 1 N–H and O–H groups in total. The second-order valence-electron chi connectivity index (χ2n) is 6.32. The summed E-state index contributed by atoms with van der Waals surface area (Å²) in [6.07, 6.45) is -0.563. The summed E-state index contributed by atoms with van der Waals surface area (Å²) in [7, 11) is 0. The lowest BCUT2D eigenvalue weighted by atomic mass is 10.0. The average molecular weight is 377 g/mol. The fourth-order valence-corrected chi connectivity index (χ4v) is 3.09. The van der Waals surface area contributed by atoms with Crippen LogP contribution in [0.1, 0.15) is 39.1 Å². The molecular formula is C19H18F3N3O2. The van der Waals surface area contributed by atoms with Gasteiger partial charge in [0.15, 0.2) is 0 Å². The van der Waals surface area contributed by atoms with Gasteiger partial charge in [-0.2, -0.15) is 13.2 Å². The molecule has 0 spiro atoms. The number of carbonyl (C=O) groups excluding carboxylic acids is 2. The molecule has 0 aliphatic carbocycles. The third-order valence-corrected chi connectivity index (χ3v) is 4.50. The molecule has 1 fully saturated rings. The van der Waals surface area contributed by atoms with E-state index < -0.39 is 17.6 Å². The Kier molecular flexibility index (Phi) is 5.43. The van der Waals surface area contributed by atoms with E-state index in [0.29, 0.717) is 31.5 Å². The smallest absolute Gasteiger partial charge is 0.349 e. The molecule has 3 rings (SSSR count). The number of carbonyl (C=O) groups is 2. The number of rotatable bonds is 3. The minimum atomic E-state index is -4.59. The van der Waals surface area contributed by atoms with Crippen LogP contribution in [0.3, 0.4) is 0 Å². The van der Waals surface area contributed by atoms with Crippen LogP contribution in [0.4, 0.5) is 13.2 Å². The maximum atomic E-state index is 13.1. The van der Waals surface area contributed by atoms with Crippen LogP contribution in [0.5, 0.6) is 0 Å². The molecule has 0 radical (unpaired) electrons. The van der Waals surface area contributed by atoms with Crippen molar-refractivity contribution >= 4 is 11.8 Å². The van der Waals surface area contributed by atoms with Gasteiger partial charge < -0.3 is 10.2 Å². The van der Waals surface area contributed by atoms with Gasteiger partial charge in [0.1, 0.15) is 0 Å². The SMILES string of the molecule is O=C(NC1CCN(C(=O)c2cccnc2)CC1)c1ccccc1C(F)(F)F. The zero-order valence-electron chi connectivity index (χ0n) is 14.4. The van der Waals surface area contributed by atoms with Gasteiger partial charge in [0.25, 0.3) is 11.8 Å². The molecule has 0 bridgehead atoms. The van der Waals surface area contributed by atoms with Gasteiger partial charge in [-0.15, -0.1) is 0 Å². The minimum absolute atomic E-state index is 0.143. The van der Waals surface area contributed by atoms with Crippen molar-refractivity contribution in [2.75, 3.05) is 13.1 Å². The number of aromatic nitrogens is 1. The molecule has 2 heterocycles. The first-order chi connectivity index (χ1) is 12.9. The quantitative estimate of drug-likeness (QED) is 0.894. The van der Waals surface area contributed by atoms with E-state index in [4.69, 9.17) is 0 Å². The highest BCUT2D eigenvalue weighted by atomic mass is 19.4. The van der Waals surface area contributed by atoms with Crippen LogP contribution < -0.4 is 5.32 Å². The number of benzene rings is 1. The van der Waals surface area contributed by atoms with Crippen LogP contribution in [-0.4, -0.2) is 40.8 Å².